The van der Waals surface area contributed by atoms with Crippen molar-refractivity contribution in [2.24, 2.45) is 5.92 Å². The number of benzene rings is 1. The SMILES string of the molecule is CCCC(C)CC(=O)NC1CCN(C(C)c2ccccc2)C1. The average molecular weight is 302 g/mol. The van der Waals surface area contributed by atoms with Crippen LogP contribution in [0.5, 0.6) is 0 Å². The van der Waals surface area contributed by atoms with Crippen LogP contribution >= 0.6 is 0 Å². The lowest BCUT2D eigenvalue weighted by Gasteiger charge is -2.25. The minimum Gasteiger partial charge on any atom is -0.352 e. The Hall–Kier alpha value is -1.35. The number of rotatable bonds is 7. The van der Waals surface area contributed by atoms with Crippen molar-refractivity contribution in [1.82, 2.24) is 10.2 Å². The molecule has 0 saturated carbocycles. The molecule has 1 fully saturated rings. The van der Waals surface area contributed by atoms with Crippen molar-refractivity contribution in [1.29, 1.82) is 0 Å². The standard InChI is InChI=1S/C19H30N2O/c1-4-8-15(2)13-19(22)20-18-11-12-21(14-18)16(3)17-9-6-5-7-10-17/h5-7,9-10,15-16,18H,4,8,11-14H2,1-3H3,(H,20,22). The molecule has 1 aromatic rings. The zero-order valence-electron chi connectivity index (χ0n) is 14.2. The number of hydrogen-bond donors (Lipinski definition) is 1. The number of nitrogens with one attached hydrogen (secondary N) is 1. The summed E-state index contributed by atoms with van der Waals surface area (Å²) in [7, 11) is 0. The lowest BCUT2D eigenvalue weighted by molar-refractivity contribution is -0.122. The summed E-state index contributed by atoms with van der Waals surface area (Å²) >= 11 is 0. The van der Waals surface area contributed by atoms with Gasteiger partial charge in [0.1, 0.15) is 0 Å². The Labute approximate surface area is 135 Å². The summed E-state index contributed by atoms with van der Waals surface area (Å²) in [6.45, 7) is 8.62. The molecule has 22 heavy (non-hydrogen) atoms. The van der Waals surface area contributed by atoms with E-state index in [0.717, 1.165) is 32.4 Å². The summed E-state index contributed by atoms with van der Waals surface area (Å²) in [4.78, 5) is 14.6. The van der Waals surface area contributed by atoms with Crippen LogP contribution in [0.1, 0.15) is 58.1 Å². The quantitative estimate of drug-likeness (QED) is 0.831. The molecule has 0 aromatic heterocycles. The molecule has 3 unspecified atom stereocenters. The summed E-state index contributed by atoms with van der Waals surface area (Å²) in [5, 5.41) is 3.22. The number of carbonyl (C=O) groups is 1. The number of amides is 1. The van der Waals surface area contributed by atoms with Crippen molar-refractivity contribution in [2.75, 3.05) is 13.1 Å². The first-order valence-electron chi connectivity index (χ1n) is 8.68. The summed E-state index contributed by atoms with van der Waals surface area (Å²) in [6, 6.07) is 11.3. The fraction of sp³-hybridized carbons (Fsp3) is 0.632. The molecule has 1 aliphatic rings. The fourth-order valence-corrected chi connectivity index (χ4v) is 3.40. The molecule has 1 heterocycles. The number of hydrogen-bond acceptors (Lipinski definition) is 2. The van der Waals surface area contributed by atoms with Gasteiger partial charge in [-0.05, 0) is 24.8 Å². The monoisotopic (exact) mass is 302 g/mol. The molecule has 1 amide bonds. The highest BCUT2D eigenvalue weighted by Crippen LogP contribution is 2.24. The smallest absolute Gasteiger partial charge is 0.220 e. The summed E-state index contributed by atoms with van der Waals surface area (Å²) in [5.41, 5.74) is 1.35. The third kappa shape index (κ3) is 4.84. The van der Waals surface area contributed by atoms with Crippen molar-refractivity contribution in [3.63, 3.8) is 0 Å². The first kappa shape index (κ1) is 17.0. The first-order chi connectivity index (χ1) is 10.6. The van der Waals surface area contributed by atoms with Gasteiger partial charge in [-0.3, -0.25) is 9.69 Å². The van der Waals surface area contributed by atoms with Crippen LogP contribution < -0.4 is 5.32 Å². The third-order valence-electron chi connectivity index (χ3n) is 4.73. The zero-order valence-corrected chi connectivity index (χ0v) is 14.2. The van der Waals surface area contributed by atoms with Crippen LogP contribution in [0.25, 0.3) is 0 Å². The molecule has 0 spiro atoms. The van der Waals surface area contributed by atoms with E-state index in [1.807, 2.05) is 0 Å². The highest BCUT2D eigenvalue weighted by molar-refractivity contribution is 5.76. The molecule has 0 bridgehead atoms. The van der Waals surface area contributed by atoms with E-state index in [1.54, 1.807) is 0 Å². The van der Waals surface area contributed by atoms with Gasteiger partial charge in [0, 0.05) is 31.6 Å². The molecule has 3 heteroatoms. The predicted octanol–water partition coefficient (Wildman–Crippen LogP) is 3.76. The summed E-state index contributed by atoms with van der Waals surface area (Å²) < 4.78 is 0. The Morgan fingerprint density at radius 1 is 1.32 bits per heavy atom. The van der Waals surface area contributed by atoms with E-state index in [-0.39, 0.29) is 5.91 Å². The predicted molar refractivity (Wildman–Crippen MR) is 91.7 cm³/mol. The van der Waals surface area contributed by atoms with Crippen LogP contribution in [0.15, 0.2) is 30.3 Å². The Balaban J connectivity index is 1.79. The van der Waals surface area contributed by atoms with E-state index in [9.17, 15) is 4.79 Å². The maximum absolute atomic E-state index is 12.1. The third-order valence-corrected chi connectivity index (χ3v) is 4.73. The molecule has 1 aliphatic heterocycles. The molecular weight excluding hydrogens is 272 g/mol. The molecule has 1 aromatic carbocycles. The lowest BCUT2D eigenvalue weighted by Crippen LogP contribution is -2.38. The van der Waals surface area contributed by atoms with E-state index in [1.165, 1.54) is 5.56 Å². The molecule has 1 N–H and O–H groups in total. The zero-order chi connectivity index (χ0) is 15.9. The van der Waals surface area contributed by atoms with E-state index in [4.69, 9.17) is 0 Å². The van der Waals surface area contributed by atoms with E-state index >= 15 is 0 Å². The Bertz CT molecular complexity index is 460. The van der Waals surface area contributed by atoms with Crippen molar-refractivity contribution in [3.8, 4) is 0 Å². The van der Waals surface area contributed by atoms with Gasteiger partial charge in [0.15, 0.2) is 0 Å². The van der Waals surface area contributed by atoms with Gasteiger partial charge >= 0.3 is 0 Å². The van der Waals surface area contributed by atoms with Gasteiger partial charge < -0.3 is 5.32 Å². The molecule has 2 rings (SSSR count). The molecular formula is C19H30N2O. The highest BCUT2D eigenvalue weighted by atomic mass is 16.1. The number of carbonyl (C=O) groups excluding carboxylic acids is 1. The van der Waals surface area contributed by atoms with Crippen molar-refractivity contribution < 1.29 is 4.79 Å². The van der Waals surface area contributed by atoms with Crippen LogP contribution in [0.3, 0.4) is 0 Å². The molecule has 3 nitrogen and oxygen atoms in total. The second-order valence-corrected chi connectivity index (χ2v) is 6.73. The largest absolute Gasteiger partial charge is 0.352 e. The van der Waals surface area contributed by atoms with Gasteiger partial charge in [-0.15, -0.1) is 0 Å². The second-order valence-electron chi connectivity index (χ2n) is 6.73. The van der Waals surface area contributed by atoms with Gasteiger partial charge in [0.05, 0.1) is 0 Å². The van der Waals surface area contributed by atoms with Gasteiger partial charge in [-0.2, -0.15) is 0 Å². The maximum Gasteiger partial charge on any atom is 0.220 e. The highest BCUT2D eigenvalue weighted by Gasteiger charge is 2.27. The van der Waals surface area contributed by atoms with Crippen LogP contribution in [-0.2, 0) is 4.79 Å². The molecule has 3 atom stereocenters. The minimum atomic E-state index is 0.222. The number of likely N-dealkylation sites (tertiary alicyclic amines) is 1. The fourth-order valence-electron chi connectivity index (χ4n) is 3.40. The van der Waals surface area contributed by atoms with Gasteiger partial charge in [0.2, 0.25) is 5.91 Å². The topological polar surface area (TPSA) is 32.3 Å². The van der Waals surface area contributed by atoms with E-state index < -0.39 is 0 Å². The first-order valence-corrected chi connectivity index (χ1v) is 8.68. The molecule has 122 valence electrons. The van der Waals surface area contributed by atoms with Gasteiger partial charge in [-0.1, -0.05) is 57.0 Å². The van der Waals surface area contributed by atoms with Crippen molar-refractivity contribution in [3.05, 3.63) is 35.9 Å². The lowest BCUT2D eigenvalue weighted by atomic mass is 10.0. The van der Waals surface area contributed by atoms with Gasteiger partial charge in [0.25, 0.3) is 0 Å². The Kier molecular flexibility index (Phi) is 6.44. The van der Waals surface area contributed by atoms with E-state index in [0.29, 0.717) is 24.4 Å². The normalized spacial score (nSPS) is 21.5. The Morgan fingerprint density at radius 3 is 2.73 bits per heavy atom. The van der Waals surface area contributed by atoms with Crippen LogP contribution in [0.4, 0.5) is 0 Å². The van der Waals surface area contributed by atoms with Crippen LogP contribution in [0.2, 0.25) is 0 Å². The van der Waals surface area contributed by atoms with Crippen molar-refractivity contribution >= 4 is 5.91 Å². The minimum absolute atomic E-state index is 0.222. The number of nitrogens with zero attached hydrogens (tertiary/aromatic N) is 1. The van der Waals surface area contributed by atoms with E-state index in [2.05, 4.69) is 61.3 Å². The molecule has 1 saturated heterocycles. The Morgan fingerprint density at radius 2 is 2.05 bits per heavy atom. The van der Waals surface area contributed by atoms with Crippen molar-refractivity contribution in [2.45, 2.75) is 58.5 Å². The maximum atomic E-state index is 12.1. The molecule has 0 radical (unpaired) electrons. The van der Waals surface area contributed by atoms with Crippen LogP contribution in [-0.4, -0.2) is 29.9 Å². The second kappa shape index (κ2) is 8.33. The summed E-state index contributed by atoms with van der Waals surface area (Å²) in [6.07, 6.45) is 4.01. The molecule has 0 aliphatic carbocycles. The van der Waals surface area contributed by atoms with Crippen LogP contribution in [0, 0.1) is 5.92 Å². The average Bonchev–Trinajstić information content (AvgIpc) is 2.95. The van der Waals surface area contributed by atoms with Gasteiger partial charge in [-0.25, -0.2) is 0 Å². The summed E-state index contributed by atoms with van der Waals surface area (Å²) in [5.74, 6) is 0.714.